The summed E-state index contributed by atoms with van der Waals surface area (Å²) >= 11 is 0. The summed E-state index contributed by atoms with van der Waals surface area (Å²) in [6, 6.07) is 0. The standard InChI is InChI=1S/C13H22/c1-5-8-11-12(4)13(9-6-2)10-7-3/h6-7,9-10,12H,2,5,8,11H2,1,3-4H3/b10-7-,13-9+. The van der Waals surface area contributed by atoms with E-state index in [4.69, 9.17) is 0 Å². The summed E-state index contributed by atoms with van der Waals surface area (Å²) in [5.74, 6) is 0.661. The van der Waals surface area contributed by atoms with Crippen molar-refractivity contribution in [2.24, 2.45) is 5.92 Å². The minimum Gasteiger partial charge on any atom is -0.0991 e. The van der Waals surface area contributed by atoms with Gasteiger partial charge in [-0.05, 0) is 24.8 Å². The molecule has 0 aliphatic carbocycles. The first-order valence-corrected chi connectivity index (χ1v) is 5.21. The summed E-state index contributed by atoms with van der Waals surface area (Å²) in [6.45, 7) is 10.3. The van der Waals surface area contributed by atoms with E-state index in [1.54, 1.807) is 0 Å². The third-order valence-corrected chi connectivity index (χ3v) is 2.23. The van der Waals surface area contributed by atoms with E-state index >= 15 is 0 Å². The molecule has 0 radical (unpaired) electrons. The van der Waals surface area contributed by atoms with Gasteiger partial charge in [0.05, 0.1) is 0 Å². The lowest BCUT2D eigenvalue weighted by Crippen LogP contribution is -1.96. The second-order valence-electron chi connectivity index (χ2n) is 3.45. The van der Waals surface area contributed by atoms with Gasteiger partial charge < -0.3 is 0 Å². The Balaban J connectivity index is 4.19. The number of allylic oxidation sites excluding steroid dienone is 5. The number of hydrogen-bond donors (Lipinski definition) is 0. The van der Waals surface area contributed by atoms with Gasteiger partial charge in [-0.3, -0.25) is 0 Å². The second kappa shape index (κ2) is 7.85. The van der Waals surface area contributed by atoms with Crippen LogP contribution in [0.2, 0.25) is 0 Å². The monoisotopic (exact) mass is 178 g/mol. The molecule has 0 bridgehead atoms. The molecule has 0 fully saturated rings. The van der Waals surface area contributed by atoms with Crippen LogP contribution in [0.1, 0.15) is 40.0 Å². The molecular formula is C13H22. The van der Waals surface area contributed by atoms with Gasteiger partial charge >= 0.3 is 0 Å². The zero-order valence-corrected chi connectivity index (χ0v) is 9.22. The molecule has 0 saturated heterocycles. The van der Waals surface area contributed by atoms with E-state index in [0.29, 0.717) is 5.92 Å². The van der Waals surface area contributed by atoms with Crippen LogP contribution in [-0.2, 0) is 0 Å². The lowest BCUT2D eigenvalue weighted by atomic mass is 9.94. The van der Waals surface area contributed by atoms with E-state index in [2.05, 4.69) is 45.6 Å². The van der Waals surface area contributed by atoms with Crippen LogP contribution in [0.25, 0.3) is 0 Å². The highest BCUT2D eigenvalue weighted by Gasteiger charge is 2.03. The molecule has 1 atom stereocenters. The van der Waals surface area contributed by atoms with E-state index in [9.17, 15) is 0 Å². The van der Waals surface area contributed by atoms with Crippen molar-refractivity contribution in [3.05, 3.63) is 36.5 Å². The SMILES string of the molecule is C=C/C=C(\C=C/C)C(C)CCCC. The summed E-state index contributed by atoms with van der Waals surface area (Å²) in [5.41, 5.74) is 1.39. The normalized spacial score (nSPS) is 14.8. The minimum absolute atomic E-state index is 0.661. The van der Waals surface area contributed by atoms with Gasteiger partial charge in [0.1, 0.15) is 0 Å². The Hall–Kier alpha value is -0.780. The molecule has 0 N–H and O–H groups in total. The molecule has 13 heavy (non-hydrogen) atoms. The quantitative estimate of drug-likeness (QED) is 0.525. The highest BCUT2D eigenvalue weighted by Crippen LogP contribution is 2.18. The highest BCUT2D eigenvalue weighted by molar-refractivity contribution is 5.24. The molecule has 0 aromatic rings. The van der Waals surface area contributed by atoms with E-state index in [1.807, 2.05) is 6.08 Å². The highest BCUT2D eigenvalue weighted by atomic mass is 14.1. The fraction of sp³-hybridized carbons (Fsp3) is 0.538. The number of unbranched alkanes of at least 4 members (excludes halogenated alkanes) is 1. The van der Waals surface area contributed by atoms with Crippen molar-refractivity contribution in [2.75, 3.05) is 0 Å². The van der Waals surface area contributed by atoms with Gasteiger partial charge in [-0.2, -0.15) is 0 Å². The molecular weight excluding hydrogens is 156 g/mol. The van der Waals surface area contributed by atoms with Gasteiger partial charge in [0.25, 0.3) is 0 Å². The first-order chi connectivity index (χ1) is 6.26. The average Bonchev–Trinajstić information content (AvgIpc) is 2.14. The van der Waals surface area contributed by atoms with Crippen molar-refractivity contribution in [3.8, 4) is 0 Å². The molecule has 0 spiro atoms. The molecule has 0 amide bonds. The van der Waals surface area contributed by atoms with Crippen molar-refractivity contribution in [3.63, 3.8) is 0 Å². The zero-order chi connectivity index (χ0) is 10.1. The number of rotatable bonds is 6. The van der Waals surface area contributed by atoms with Crippen molar-refractivity contribution < 1.29 is 0 Å². The van der Waals surface area contributed by atoms with Crippen LogP contribution < -0.4 is 0 Å². The first-order valence-electron chi connectivity index (χ1n) is 5.21. The summed E-state index contributed by atoms with van der Waals surface area (Å²) in [5, 5.41) is 0. The Kier molecular flexibility index (Phi) is 7.38. The van der Waals surface area contributed by atoms with Crippen LogP contribution in [0.3, 0.4) is 0 Å². The predicted octanol–water partition coefficient (Wildman–Crippen LogP) is 4.50. The lowest BCUT2D eigenvalue weighted by Gasteiger charge is -2.11. The Labute approximate surface area is 83.0 Å². The zero-order valence-electron chi connectivity index (χ0n) is 9.22. The summed E-state index contributed by atoms with van der Waals surface area (Å²) in [4.78, 5) is 0. The molecule has 1 unspecified atom stereocenters. The molecule has 0 aliphatic rings. The van der Waals surface area contributed by atoms with Crippen molar-refractivity contribution in [1.29, 1.82) is 0 Å². The van der Waals surface area contributed by atoms with Gasteiger partial charge in [0.15, 0.2) is 0 Å². The van der Waals surface area contributed by atoms with Crippen LogP contribution in [0, 0.1) is 5.92 Å². The van der Waals surface area contributed by atoms with Crippen LogP contribution in [0.5, 0.6) is 0 Å². The third kappa shape index (κ3) is 5.46. The van der Waals surface area contributed by atoms with Crippen molar-refractivity contribution in [2.45, 2.75) is 40.0 Å². The summed E-state index contributed by atoms with van der Waals surface area (Å²) in [7, 11) is 0. The Morgan fingerprint density at radius 2 is 2.15 bits per heavy atom. The largest absolute Gasteiger partial charge is 0.0991 e. The Bertz CT molecular complexity index is 184. The molecule has 0 aromatic carbocycles. The first kappa shape index (κ1) is 12.2. The van der Waals surface area contributed by atoms with Crippen LogP contribution >= 0.6 is 0 Å². The average molecular weight is 178 g/mol. The fourth-order valence-electron chi connectivity index (χ4n) is 1.39. The van der Waals surface area contributed by atoms with Crippen molar-refractivity contribution in [1.82, 2.24) is 0 Å². The van der Waals surface area contributed by atoms with E-state index in [0.717, 1.165) is 0 Å². The maximum Gasteiger partial charge on any atom is -0.0191 e. The topological polar surface area (TPSA) is 0 Å². The smallest absolute Gasteiger partial charge is 0.0191 e. The van der Waals surface area contributed by atoms with Gasteiger partial charge in [-0.1, -0.05) is 57.6 Å². The van der Waals surface area contributed by atoms with Gasteiger partial charge in [0, 0.05) is 0 Å². The van der Waals surface area contributed by atoms with Gasteiger partial charge in [-0.15, -0.1) is 0 Å². The maximum atomic E-state index is 3.74. The van der Waals surface area contributed by atoms with Crippen LogP contribution in [-0.4, -0.2) is 0 Å². The molecule has 0 rings (SSSR count). The minimum atomic E-state index is 0.661. The number of hydrogen-bond acceptors (Lipinski definition) is 0. The fourth-order valence-corrected chi connectivity index (χ4v) is 1.39. The molecule has 0 saturated carbocycles. The van der Waals surface area contributed by atoms with E-state index in [1.165, 1.54) is 24.8 Å². The summed E-state index contributed by atoms with van der Waals surface area (Å²) in [6.07, 6.45) is 12.1. The molecule has 74 valence electrons. The molecule has 0 nitrogen and oxygen atoms in total. The molecule has 0 aliphatic heterocycles. The lowest BCUT2D eigenvalue weighted by molar-refractivity contribution is 0.581. The van der Waals surface area contributed by atoms with E-state index < -0.39 is 0 Å². The maximum absolute atomic E-state index is 3.74. The Morgan fingerprint density at radius 3 is 2.62 bits per heavy atom. The molecule has 0 heterocycles. The molecule has 0 aromatic heterocycles. The molecule has 0 heteroatoms. The van der Waals surface area contributed by atoms with Gasteiger partial charge in [0.2, 0.25) is 0 Å². The summed E-state index contributed by atoms with van der Waals surface area (Å²) < 4.78 is 0. The second-order valence-corrected chi connectivity index (χ2v) is 3.45. The van der Waals surface area contributed by atoms with Crippen molar-refractivity contribution >= 4 is 0 Å². The van der Waals surface area contributed by atoms with E-state index in [-0.39, 0.29) is 0 Å². The van der Waals surface area contributed by atoms with Gasteiger partial charge in [-0.25, -0.2) is 0 Å². The third-order valence-electron chi connectivity index (χ3n) is 2.23. The van der Waals surface area contributed by atoms with Crippen LogP contribution in [0.4, 0.5) is 0 Å². The predicted molar refractivity (Wildman–Crippen MR) is 61.8 cm³/mol. The van der Waals surface area contributed by atoms with Crippen LogP contribution in [0.15, 0.2) is 36.5 Å². The Morgan fingerprint density at radius 1 is 1.46 bits per heavy atom.